The molecule has 0 aromatic heterocycles. The molecule has 1 aromatic rings. The second-order valence-corrected chi connectivity index (χ2v) is 8.70. The van der Waals surface area contributed by atoms with Crippen LogP contribution in [0.3, 0.4) is 0 Å². The third-order valence-electron chi connectivity index (χ3n) is 5.83. The smallest absolute Gasteiger partial charge is 0.254 e. The van der Waals surface area contributed by atoms with Gasteiger partial charge in [0.15, 0.2) is 0 Å². The Bertz CT molecular complexity index is 751. The number of carbonyl (C=O) groups is 3. The van der Waals surface area contributed by atoms with Crippen molar-refractivity contribution in [2.75, 3.05) is 38.0 Å². The molecule has 2 N–H and O–H groups in total. The lowest BCUT2D eigenvalue weighted by molar-refractivity contribution is -0.123. The van der Waals surface area contributed by atoms with Crippen molar-refractivity contribution in [1.82, 2.24) is 15.1 Å². The van der Waals surface area contributed by atoms with Crippen molar-refractivity contribution in [3.8, 4) is 0 Å². The molecule has 7 heteroatoms. The van der Waals surface area contributed by atoms with E-state index in [0.717, 1.165) is 25.7 Å². The van der Waals surface area contributed by atoms with Crippen LogP contribution in [0, 0.1) is 5.92 Å². The Kier molecular flexibility index (Phi) is 7.85. The minimum atomic E-state index is -0.0324. The Morgan fingerprint density at radius 3 is 2.40 bits per heavy atom. The first-order chi connectivity index (χ1) is 14.4. The standard InChI is InChI=1S/C23H34N4O3/c1-17(2)24-21(28)16-26-11-13-27(14-12-26)23(30)19-9-6-10-20(15-19)25-22(29)18-7-4-3-5-8-18/h6,9-10,15,17-18H,3-5,7-8,11-14,16H2,1-2H3,(H,24,28)(H,25,29). The molecule has 0 atom stereocenters. The second-order valence-electron chi connectivity index (χ2n) is 8.70. The summed E-state index contributed by atoms with van der Waals surface area (Å²) in [5.41, 5.74) is 1.27. The van der Waals surface area contributed by atoms with Crippen LogP contribution in [0.2, 0.25) is 0 Å². The van der Waals surface area contributed by atoms with Crippen LogP contribution in [0.5, 0.6) is 0 Å². The zero-order valence-corrected chi connectivity index (χ0v) is 18.2. The molecule has 3 rings (SSSR count). The molecule has 7 nitrogen and oxygen atoms in total. The van der Waals surface area contributed by atoms with E-state index in [2.05, 4.69) is 15.5 Å². The van der Waals surface area contributed by atoms with Crippen LogP contribution in [-0.4, -0.2) is 66.3 Å². The van der Waals surface area contributed by atoms with Gasteiger partial charge in [0, 0.05) is 49.4 Å². The summed E-state index contributed by atoms with van der Waals surface area (Å²) in [4.78, 5) is 41.2. The van der Waals surface area contributed by atoms with Crippen LogP contribution in [-0.2, 0) is 9.59 Å². The van der Waals surface area contributed by atoms with Gasteiger partial charge in [0.1, 0.15) is 0 Å². The van der Waals surface area contributed by atoms with E-state index in [9.17, 15) is 14.4 Å². The molecular weight excluding hydrogens is 380 g/mol. The summed E-state index contributed by atoms with van der Waals surface area (Å²) in [7, 11) is 0. The van der Waals surface area contributed by atoms with E-state index in [1.54, 1.807) is 12.1 Å². The van der Waals surface area contributed by atoms with Crippen molar-refractivity contribution < 1.29 is 14.4 Å². The van der Waals surface area contributed by atoms with E-state index >= 15 is 0 Å². The number of nitrogens with zero attached hydrogens (tertiary/aromatic N) is 2. The zero-order chi connectivity index (χ0) is 21.5. The minimum Gasteiger partial charge on any atom is -0.353 e. The molecule has 2 aliphatic rings. The molecule has 1 saturated heterocycles. The molecule has 1 heterocycles. The van der Waals surface area contributed by atoms with Crippen molar-refractivity contribution in [2.24, 2.45) is 5.92 Å². The average Bonchev–Trinajstić information content (AvgIpc) is 2.74. The van der Waals surface area contributed by atoms with Crippen LogP contribution in [0.15, 0.2) is 24.3 Å². The molecule has 0 unspecified atom stereocenters. The molecule has 3 amide bonds. The van der Waals surface area contributed by atoms with Crippen molar-refractivity contribution in [2.45, 2.75) is 52.0 Å². The summed E-state index contributed by atoms with van der Waals surface area (Å²) in [5.74, 6) is 0.132. The highest BCUT2D eigenvalue weighted by Crippen LogP contribution is 2.25. The van der Waals surface area contributed by atoms with Crippen LogP contribution < -0.4 is 10.6 Å². The number of nitrogens with one attached hydrogen (secondary N) is 2. The van der Waals surface area contributed by atoms with Crippen LogP contribution in [0.1, 0.15) is 56.3 Å². The monoisotopic (exact) mass is 414 g/mol. The van der Waals surface area contributed by atoms with Gasteiger partial charge in [0.25, 0.3) is 5.91 Å². The van der Waals surface area contributed by atoms with Gasteiger partial charge >= 0.3 is 0 Å². The Hall–Kier alpha value is -2.41. The fraction of sp³-hybridized carbons (Fsp3) is 0.609. The lowest BCUT2D eigenvalue weighted by Crippen LogP contribution is -2.51. The number of amides is 3. The highest BCUT2D eigenvalue weighted by molar-refractivity contribution is 5.97. The lowest BCUT2D eigenvalue weighted by Gasteiger charge is -2.34. The average molecular weight is 415 g/mol. The van der Waals surface area contributed by atoms with Gasteiger partial charge in [-0.05, 0) is 44.9 Å². The van der Waals surface area contributed by atoms with Gasteiger partial charge in [-0.25, -0.2) is 0 Å². The normalized spacial score (nSPS) is 18.3. The second kappa shape index (κ2) is 10.6. The molecule has 0 radical (unpaired) electrons. The molecule has 1 aliphatic heterocycles. The van der Waals surface area contributed by atoms with Crippen molar-refractivity contribution in [1.29, 1.82) is 0 Å². The predicted molar refractivity (Wildman–Crippen MR) is 117 cm³/mol. The molecule has 2 fully saturated rings. The highest BCUT2D eigenvalue weighted by Gasteiger charge is 2.24. The maximum absolute atomic E-state index is 12.9. The fourth-order valence-corrected chi connectivity index (χ4v) is 4.20. The molecule has 1 saturated carbocycles. The number of hydrogen-bond donors (Lipinski definition) is 2. The number of rotatable bonds is 6. The van der Waals surface area contributed by atoms with E-state index < -0.39 is 0 Å². The van der Waals surface area contributed by atoms with E-state index in [4.69, 9.17) is 0 Å². The van der Waals surface area contributed by atoms with Gasteiger partial charge < -0.3 is 15.5 Å². The maximum Gasteiger partial charge on any atom is 0.254 e. The Morgan fingerprint density at radius 2 is 1.73 bits per heavy atom. The summed E-state index contributed by atoms with van der Waals surface area (Å²) in [6.45, 7) is 6.78. The van der Waals surface area contributed by atoms with Gasteiger partial charge in [-0.2, -0.15) is 0 Å². The summed E-state index contributed by atoms with van der Waals surface area (Å²) in [6.07, 6.45) is 5.33. The van der Waals surface area contributed by atoms with Gasteiger partial charge in [-0.15, -0.1) is 0 Å². The predicted octanol–water partition coefficient (Wildman–Crippen LogP) is 2.49. The zero-order valence-electron chi connectivity index (χ0n) is 18.2. The SMILES string of the molecule is CC(C)NC(=O)CN1CCN(C(=O)c2cccc(NC(=O)C3CCCCC3)c2)CC1. The Morgan fingerprint density at radius 1 is 1.03 bits per heavy atom. The first kappa shape index (κ1) is 22.3. The van der Waals surface area contributed by atoms with Crippen molar-refractivity contribution >= 4 is 23.4 Å². The molecule has 30 heavy (non-hydrogen) atoms. The van der Waals surface area contributed by atoms with Gasteiger partial charge in [0.05, 0.1) is 6.54 Å². The third kappa shape index (κ3) is 6.29. The lowest BCUT2D eigenvalue weighted by atomic mass is 9.88. The number of carbonyl (C=O) groups excluding carboxylic acids is 3. The largest absolute Gasteiger partial charge is 0.353 e. The molecule has 0 bridgehead atoms. The van der Waals surface area contributed by atoms with Crippen LogP contribution >= 0.6 is 0 Å². The quantitative estimate of drug-likeness (QED) is 0.749. The van der Waals surface area contributed by atoms with E-state index in [0.29, 0.717) is 44.0 Å². The third-order valence-corrected chi connectivity index (χ3v) is 5.83. The topological polar surface area (TPSA) is 81.8 Å². The fourth-order valence-electron chi connectivity index (χ4n) is 4.20. The number of hydrogen-bond acceptors (Lipinski definition) is 4. The number of benzene rings is 1. The Balaban J connectivity index is 1.51. The molecule has 1 aromatic carbocycles. The van der Waals surface area contributed by atoms with Gasteiger partial charge in [0.2, 0.25) is 11.8 Å². The van der Waals surface area contributed by atoms with Gasteiger partial charge in [-0.3, -0.25) is 19.3 Å². The minimum absolute atomic E-state index is 0.0196. The number of piperazine rings is 1. The molecule has 1 aliphatic carbocycles. The Labute approximate surface area is 179 Å². The molecular formula is C23H34N4O3. The summed E-state index contributed by atoms with van der Waals surface area (Å²) in [5, 5.41) is 5.89. The summed E-state index contributed by atoms with van der Waals surface area (Å²) < 4.78 is 0. The summed E-state index contributed by atoms with van der Waals surface area (Å²) in [6, 6.07) is 7.34. The molecule has 164 valence electrons. The van der Waals surface area contributed by atoms with Crippen molar-refractivity contribution in [3.05, 3.63) is 29.8 Å². The van der Waals surface area contributed by atoms with E-state index in [1.807, 2.05) is 30.9 Å². The first-order valence-electron chi connectivity index (χ1n) is 11.1. The van der Waals surface area contributed by atoms with E-state index in [-0.39, 0.29) is 29.7 Å². The first-order valence-corrected chi connectivity index (χ1v) is 11.1. The maximum atomic E-state index is 12.9. The summed E-state index contributed by atoms with van der Waals surface area (Å²) >= 11 is 0. The van der Waals surface area contributed by atoms with E-state index in [1.165, 1.54) is 6.42 Å². The number of anilines is 1. The van der Waals surface area contributed by atoms with Gasteiger partial charge in [-0.1, -0.05) is 25.3 Å². The van der Waals surface area contributed by atoms with Crippen LogP contribution in [0.4, 0.5) is 5.69 Å². The van der Waals surface area contributed by atoms with Crippen molar-refractivity contribution in [3.63, 3.8) is 0 Å². The molecule has 0 spiro atoms. The highest BCUT2D eigenvalue weighted by atomic mass is 16.2. The van der Waals surface area contributed by atoms with Crippen LogP contribution in [0.25, 0.3) is 0 Å².